The van der Waals surface area contributed by atoms with Crippen LogP contribution in [0.5, 0.6) is 5.75 Å². The number of amides is 1. The van der Waals surface area contributed by atoms with Gasteiger partial charge < -0.3 is 15.8 Å². The van der Waals surface area contributed by atoms with Crippen LogP contribution in [0.2, 0.25) is 0 Å². The molecule has 0 heterocycles. The van der Waals surface area contributed by atoms with Crippen molar-refractivity contribution in [3.8, 4) is 5.75 Å². The molecule has 0 aliphatic heterocycles. The maximum Gasteiger partial charge on any atom is 0.223 e. The number of methoxy groups -OCH3 is 1. The fourth-order valence-electron chi connectivity index (χ4n) is 2.85. The van der Waals surface area contributed by atoms with Gasteiger partial charge in [0.25, 0.3) is 0 Å². The monoisotopic (exact) mass is 304 g/mol. The standard InChI is InChI=1S/C17H24N2O3/c1-22-13-7-8-15(18)14(11-13)16(20)9-10-19-17(21)12-5-3-2-4-6-12/h7-8,11-12H,2-6,9-10,18H2,1H3,(H,19,21). The van der Waals surface area contributed by atoms with E-state index in [1.54, 1.807) is 25.3 Å². The maximum absolute atomic E-state index is 12.2. The van der Waals surface area contributed by atoms with E-state index in [0.717, 1.165) is 25.7 Å². The first kappa shape index (κ1) is 16.3. The average Bonchev–Trinajstić information content (AvgIpc) is 2.55. The minimum absolute atomic E-state index is 0.0751. The van der Waals surface area contributed by atoms with Crippen LogP contribution < -0.4 is 15.8 Å². The molecule has 1 aliphatic rings. The van der Waals surface area contributed by atoms with Crippen molar-refractivity contribution >= 4 is 17.4 Å². The van der Waals surface area contributed by atoms with Gasteiger partial charge in [0.15, 0.2) is 5.78 Å². The minimum Gasteiger partial charge on any atom is -0.497 e. The third-order valence-corrected chi connectivity index (χ3v) is 4.19. The fourth-order valence-corrected chi connectivity index (χ4v) is 2.85. The molecule has 5 nitrogen and oxygen atoms in total. The fraction of sp³-hybridized carbons (Fsp3) is 0.529. The summed E-state index contributed by atoms with van der Waals surface area (Å²) in [5, 5.41) is 2.87. The highest BCUT2D eigenvalue weighted by molar-refractivity contribution is 6.01. The molecule has 0 unspecified atom stereocenters. The smallest absolute Gasteiger partial charge is 0.223 e. The van der Waals surface area contributed by atoms with E-state index in [1.807, 2.05) is 0 Å². The lowest BCUT2D eigenvalue weighted by molar-refractivity contribution is -0.125. The largest absolute Gasteiger partial charge is 0.497 e. The number of carbonyl (C=O) groups excluding carboxylic acids is 2. The normalized spacial score (nSPS) is 15.3. The lowest BCUT2D eigenvalue weighted by Gasteiger charge is -2.20. The zero-order valence-electron chi connectivity index (χ0n) is 13.1. The number of Topliss-reactive ketones (excluding diaryl/α,β-unsaturated/α-hetero) is 1. The Morgan fingerprint density at radius 3 is 2.68 bits per heavy atom. The summed E-state index contributed by atoms with van der Waals surface area (Å²) in [4.78, 5) is 24.2. The third-order valence-electron chi connectivity index (χ3n) is 4.19. The molecule has 1 saturated carbocycles. The number of hydrogen-bond donors (Lipinski definition) is 2. The van der Waals surface area contributed by atoms with Crippen LogP contribution in [0.4, 0.5) is 5.69 Å². The SMILES string of the molecule is COc1ccc(N)c(C(=O)CCNC(=O)C2CCCCC2)c1. The molecule has 1 amide bonds. The molecule has 0 spiro atoms. The van der Waals surface area contributed by atoms with Crippen LogP contribution in [-0.4, -0.2) is 25.3 Å². The van der Waals surface area contributed by atoms with Crippen molar-refractivity contribution in [1.82, 2.24) is 5.32 Å². The van der Waals surface area contributed by atoms with Crippen molar-refractivity contribution in [3.63, 3.8) is 0 Å². The number of nitrogens with two attached hydrogens (primary N) is 1. The van der Waals surface area contributed by atoms with E-state index in [0.29, 0.717) is 23.5 Å². The summed E-state index contributed by atoms with van der Waals surface area (Å²) < 4.78 is 5.10. The molecule has 0 saturated heterocycles. The van der Waals surface area contributed by atoms with Gasteiger partial charge in [-0.25, -0.2) is 0 Å². The summed E-state index contributed by atoms with van der Waals surface area (Å²) in [6, 6.07) is 5.02. The number of hydrogen-bond acceptors (Lipinski definition) is 4. The molecule has 1 aromatic rings. The summed E-state index contributed by atoms with van der Waals surface area (Å²) >= 11 is 0. The highest BCUT2D eigenvalue weighted by Gasteiger charge is 2.21. The first-order valence-corrected chi connectivity index (χ1v) is 7.86. The molecule has 0 atom stereocenters. The maximum atomic E-state index is 12.2. The van der Waals surface area contributed by atoms with E-state index in [4.69, 9.17) is 10.5 Å². The van der Waals surface area contributed by atoms with Crippen molar-refractivity contribution in [2.45, 2.75) is 38.5 Å². The van der Waals surface area contributed by atoms with Gasteiger partial charge >= 0.3 is 0 Å². The second-order valence-corrected chi connectivity index (χ2v) is 5.75. The Bertz CT molecular complexity index is 537. The quantitative estimate of drug-likeness (QED) is 0.625. The molecule has 1 aliphatic carbocycles. The van der Waals surface area contributed by atoms with Crippen LogP contribution in [0.15, 0.2) is 18.2 Å². The Kier molecular flexibility index (Phi) is 5.81. The molecule has 0 radical (unpaired) electrons. The van der Waals surface area contributed by atoms with Gasteiger partial charge in [-0.2, -0.15) is 0 Å². The number of anilines is 1. The molecule has 120 valence electrons. The molecule has 2 rings (SSSR count). The van der Waals surface area contributed by atoms with Crippen molar-refractivity contribution in [2.24, 2.45) is 5.92 Å². The van der Waals surface area contributed by atoms with Crippen LogP contribution in [-0.2, 0) is 4.79 Å². The van der Waals surface area contributed by atoms with Gasteiger partial charge in [-0.1, -0.05) is 19.3 Å². The van der Waals surface area contributed by atoms with E-state index in [1.165, 1.54) is 6.42 Å². The first-order valence-electron chi connectivity index (χ1n) is 7.86. The average molecular weight is 304 g/mol. The Balaban J connectivity index is 1.83. The lowest BCUT2D eigenvalue weighted by Crippen LogP contribution is -2.33. The second kappa shape index (κ2) is 7.82. The van der Waals surface area contributed by atoms with Crippen LogP contribution >= 0.6 is 0 Å². The molecule has 5 heteroatoms. The van der Waals surface area contributed by atoms with Crippen molar-refractivity contribution in [1.29, 1.82) is 0 Å². The number of nitrogens with one attached hydrogen (secondary N) is 1. The Morgan fingerprint density at radius 2 is 2.00 bits per heavy atom. The number of ether oxygens (including phenoxy) is 1. The van der Waals surface area contributed by atoms with Gasteiger partial charge in [0.05, 0.1) is 7.11 Å². The van der Waals surface area contributed by atoms with E-state index < -0.39 is 0 Å². The van der Waals surface area contributed by atoms with Crippen LogP contribution in [0, 0.1) is 5.92 Å². The molecule has 0 aromatic heterocycles. The molecule has 3 N–H and O–H groups in total. The summed E-state index contributed by atoms with van der Waals surface area (Å²) in [6.07, 6.45) is 5.63. The molecule has 0 bridgehead atoms. The van der Waals surface area contributed by atoms with Crippen molar-refractivity contribution < 1.29 is 14.3 Å². The van der Waals surface area contributed by atoms with Crippen molar-refractivity contribution in [3.05, 3.63) is 23.8 Å². The molecule has 1 fully saturated rings. The van der Waals surface area contributed by atoms with Crippen LogP contribution in [0.1, 0.15) is 48.9 Å². The van der Waals surface area contributed by atoms with E-state index >= 15 is 0 Å². The minimum atomic E-state index is -0.0830. The summed E-state index contributed by atoms with van der Waals surface area (Å²) in [5.41, 5.74) is 6.71. The topological polar surface area (TPSA) is 81.4 Å². The zero-order chi connectivity index (χ0) is 15.9. The molecule has 1 aromatic carbocycles. The highest BCUT2D eigenvalue weighted by Crippen LogP contribution is 2.24. The number of rotatable bonds is 6. The second-order valence-electron chi connectivity index (χ2n) is 5.75. The van der Waals surface area contributed by atoms with Crippen molar-refractivity contribution in [2.75, 3.05) is 19.4 Å². The van der Waals surface area contributed by atoms with E-state index in [2.05, 4.69) is 5.32 Å². The van der Waals surface area contributed by atoms with E-state index in [-0.39, 0.29) is 24.0 Å². The van der Waals surface area contributed by atoms with Gasteiger partial charge in [-0.15, -0.1) is 0 Å². The van der Waals surface area contributed by atoms with Gasteiger partial charge in [0.1, 0.15) is 5.75 Å². The predicted octanol–water partition coefficient (Wildman–Crippen LogP) is 2.55. The zero-order valence-corrected chi connectivity index (χ0v) is 13.1. The number of carbonyl (C=O) groups is 2. The molecule has 22 heavy (non-hydrogen) atoms. The predicted molar refractivity (Wildman–Crippen MR) is 85.9 cm³/mol. The van der Waals surface area contributed by atoms with Gasteiger partial charge in [-0.3, -0.25) is 9.59 Å². The van der Waals surface area contributed by atoms with E-state index in [9.17, 15) is 9.59 Å². The Morgan fingerprint density at radius 1 is 1.27 bits per heavy atom. The number of benzene rings is 1. The summed E-state index contributed by atoms with van der Waals surface area (Å²) in [5.74, 6) is 0.709. The highest BCUT2D eigenvalue weighted by atomic mass is 16.5. The Hall–Kier alpha value is -2.04. The van der Waals surface area contributed by atoms with Gasteiger partial charge in [0.2, 0.25) is 5.91 Å². The third kappa shape index (κ3) is 4.23. The molecular formula is C17H24N2O3. The first-order chi connectivity index (χ1) is 10.6. The number of nitrogen functional groups attached to an aromatic ring is 1. The van der Waals surface area contributed by atoms with Crippen LogP contribution in [0.25, 0.3) is 0 Å². The van der Waals surface area contributed by atoms with Gasteiger partial charge in [-0.05, 0) is 31.0 Å². The Labute approximate surface area is 131 Å². The summed E-state index contributed by atoms with van der Waals surface area (Å²) in [7, 11) is 1.55. The van der Waals surface area contributed by atoms with Crippen LogP contribution in [0.3, 0.4) is 0 Å². The van der Waals surface area contributed by atoms with Gasteiger partial charge in [0, 0.05) is 30.1 Å². The lowest BCUT2D eigenvalue weighted by atomic mass is 9.88. The summed E-state index contributed by atoms with van der Waals surface area (Å²) in [6.45, 7) is 0.352. The number of ketones is 1. The molecular weight excluding hydrogens is 280 g/mol.